The fourth-order valence-electron chi connectivity index (χ4n) is 8.37. The number of rotatable bonds is 1. The van der Waals surface area contributed by atoms with Crippen molar-refractivity contribution in [3.8, 4) is 0 Å². The summed E-state index contributed by atoms with van der Waals surface area (Å²) in [7, 11) is 0. The van der Waals surface area contributed by atoms with E-state index in [9.17, 15) is 9.59 Å². The van der Waals surface area contributed by atoms with Crippen LogP contribution in [0.4, 0.5) is 0 Å². The van der Waals surface area contributed by atoms with E-state index in [-0.39, 0.29) is 22.6 Å². The van der Waals surface area contributed by atoms with Gasteiger partial charge in [0, 0.05) is 18.8 Å². The van der Waals surface area contributed by atoms with Gasteiger partial charge in [-0.3, -0.25) is 9.59 Å². The molecule has 146 valence electrons. The predicted molar refractivity (Wildman–Crippen MR) is 101 cm³/mol. The molecule has 4 fully saturated rings. The Labute approximate surface area is 158 Å². The van der Waals surface area contributed by atoms with Crippen molar-refractivity contribution in [2.45, 2.75) is 92.1 Å². The Morgan fingerprint density at radius 2 is 1.73 bits per heavy atom. The van der Waals surface area contributed by atoms with E-state index in [2.05, 4.69) is 27.7 Å². The first-order chi connectivity index (χ1) is 12.1. The van der Waals surface area contributed by atoms with Crippen LogP contribution in [0.5, 0.6) is 0 Å². The molecule has 4 rings (SSSR count). The maximum absolute atomic E-state index is 13.1. The van der Waals surface area contributed by atoms with E-state index in [4.69, 9.17) is 4.74 Å². The second-order valence-electron chi connectivity index (χ2n) is 11.1. The second kappa shape index (κ2) is 5.82. The van der Waals surface area contributed by atoms with Crippen molar-refractivity contribution in [3.63, 3.8) is 0 Å². The molecule has 0 radical (unpaired) electrons. The topological polar surface area (TPSA) is 43.4 Å². The summed E-state index contributed by atoms with van der Waals surface area (Å²) in [5.74, 6) is 2.62. The molecular formula is C23H36O3. The first-order valence-corrected chi connectivity index (χ1v) is 10.8. The molecule has 0 aromatic rings. The molecule has 26 heavy (non-hydrogen) atoms. The third-order valence-electron chi connectivity index (χ3n) is 9.36. The molecule has 0 saturated heterocycles. The molecule has 0 amide bonds. The van der Waals surface area contributed by atoms with E-state index >= 15 is 0 Å². The smallest absolute Gasteiger partial charge is 0.303 e. The van der Waals surface area contributed by atoms with Gasteiger partial charge < -0.3 is 4.74 Å². The number of Topliss-reactive ketones (excluding diaryl/α,β-unsaturated/α-hetero) is 1. The van der Waals surface area contributed by atoms with Crippen LogP contribution >= 0.6 is 0 Å². The Morgan fingerprint density at radius 1 is 1.00 bits per heavy atom. The van der Waals surface area contributed by atoms with Crippen LogP contribution in [-0.4, -0.2) is 17.9 Å². The number of ether oxygens (including phenoxy) is 1. The van der Waals surface area contributed by atoms with Crippen molar-refractivity contribution in [1.29, 1.82) is 0 Å². The van der Waals surface area contributed by atoms with Gasteiger partial charge in [0.25, 0.3) is 0 Å². The van der Waals surface area contributed by atoms with Crippen molar-refractivity contribution >= 4 is 11.8 Å². The summed E-state index contributed by atoms with van der Waals surface area (Å²) in [5, 5.41) is 0. The lowest BCUT2D eigenvalue weighted by Gasteiger charge is -2.63. The summed E-state index contributed by atoms with van der Waals surface area (Å²) in [6.45, 7) is 10.7. The lowest BCUT2D eigenvalue weighted by atomic mass is 9.41. The third kappa shape index (κ3) is 2.44. The molecule has 0 aromatic heterocycles. The summed E-state index contributed by atoms with van der Waals surface area (Å²) in [6, 6.07) is 0. The summed E-state index contributed by atoms with van der Waals surface area (Å²) >= 11 is 0. The van der Waals surface area contributed by atoms with Crippen LogP contribution in [0.1, 0.15) is 86.0 Å². The second-order valence-corrected chi connectivity index (χ2v) is 11.1. The van der Waals surface area contributed by atoms with Crippen molar-refractivity contribution in [1.82, 2.24) is 0 Å². The minimum absolute atomic E-state index is 0.0735. The van der Waals surface area contributed by atoms with Gasteiger partial charge in [-0.25, -0.2) is 0 Å². The maximum Gasteiger partial charge on any atom is 0.303 e. The average Bonchev–Trinajstić information content (AvgIpc) is 2.93. The first-order valence-electron chi connectivity index (χ1n) is 10.8. The number of esters is 1. The van der Waals surface area contributed by atoms with Gasteiger partial charge in [-0.15, -0.1) is 0 Å². The highest BCUT2D eigenvalue weighted by Gasteiger charge is 2.64. The fourth-order valence-corrected chi connectivity index (χ4v) is 8.37. The molecular weight excluding hydrogens is 324 g/mol. The highest BCUT2D eigenvalue weighted by Crippen LogP contribution is 2.68. The third-order valence-corrected chi connectivity index (χ3v) is 9.36. The molecule has 4 aliphatic rings. The molecule has 0 N–H and O–H groups in total. The SMILES string of the molecule is CC(=O)O[C@@H]1C(=O)C[C@]2(C)[C@@H]3CC[C@]4(C)CCC[C@@H]4[C@H]3CC[C@H]2C1(C)C. The number of ketones is 1. The first kappa shape index (κ1) is 18.5. The zero-order chi connectivity index (χ0) is 18.9. The monoisotopic (exact) mass is 360 g/mol. The lowest BCUT2D eigenvalue weighted by molar-refractivity contribution is -0.195. The molecule has 7 atom stereocenters. The van der Waals surface area contributed by atoms with Gasteiger partial charge in [0.2, 0.25) is 0 Å². The molecule has 0 aromatic carbocycles. The molecule has 0 bridgehead atoms. The number of hydrogen-bond acceptors (Lipinski definition) is 3. The summed E-state index contributed by atoms with van der Waals surface area (Å²) in [5.41, 5.74) is 0.361. The van der Waals surface area contributed by atoms with Crippen LogP contribution in [0.25, 0.3) is 0 Å². The highest BCUT2D eigenvalue weighted by molar-refractivity contribution is 5.87. The summed E-state index contributed by atoms with van der Waals surface area (Å²) in [4.78, 5) is 24.7. The van der Waals surface area contributed by atoms with Crippen LogP contribution < -0.4 is 0 Å². The van der Waals surface area contributed by atoms with Crippen molar-refractivity contribution < 1.29 is 14.3 Å². The Balaban J connectivity index is 1.67. The Morgan fingerprint density at radius 3 is 2.42 bits per heavy atom. The average molecular weight is 361 g/mol. The van der Waals surface area contributed by atoms with Crippen molar-refractivity contribution in [3.05, 3.63) is 0 Å². The minimum atomic E-state index is -0.560. The lowest BCUT2D eigenvalue weighted by Crippen LogP contribution is -2.62. The molecule has 0 unspecified atom stereocenters. The van der Waals surface area contributed by atoms with Crippen LogP contribution in [0, 0.1) is 39.9 Å². The van der Waals surface area contributed by atoms with Gasteiger partial charge in [0.1, 0.15) is 0 Å². The van der Waals surface area contributed by atoms with E-state index in [0.29, 0.717) is 23.7 Å². The quantitative estimate of drug-likeness (QED) is 0.606. The van der Waals surface area contributed by atoms with E-state index in [0.717, 1.165) is 11.8 Å². The molecule has 3 nitrogen and oxygen atoms in total. The van der Waals surface area contributed by atoms with Crippen LogP contribution in [0.2, 0.25) is 0 Å². The van der Waals surface area contributed by atoms with Gasteiger partial charge in [-0.1, -0.05) is 34.1 Å². The number of fused-ring (bicyclic) bond motifs is 5. The van der Waals surface area contributed by atoms with Crippen molar-refractivity contribution in [2.24, 2.45) is 39.9 Å². The van der Waals surface area contributed by atoms with Gasteiger partial charge in [0.05, 0.1) is 0 Å². The molecule has 4 aliphatic carbocycles. The highest BCUT2D eigenvalue weighted by atomic mass is 16.5. The molecule has 0 aliphatic heterocycles. The van der Waals surface area contributed by atoms with Crippen LogP contribution in [0.15, 0.2) is 0 Å². The van der Waals surface area contributed by atoms with Crippen LogP contribution in [-0.2, 0) is 14.3 Å². The minimum Gasteiger partial charge on any atom is -0.454 e. The fraction of sp³-hybridized carbons (Fsp3) is 0.913. The van der Waals surface area contributed by atoms with E-state index in [1.807, 2.05) is 0 Å². The molecule has 3 heteroatoms. The number of carbonyl (C=O) groups is 2. The predicted octanol–water partition coefficient (Wildman–Crippen LogP) is 5.17. The zero-order valence-electron chi connectivity index (χ0n) is 17.3. The Bertz CT molecular complexity index is 623. The number of carbonyl (C=O) groups excluding carboxylic acids is 2. The van der Waals surface area contributed by atoms with Gasteiger partial charge in [-0.2, -0.15) is 0 Å². The van der Waals surface area contributed by atoms with Gasteiger partial charge in [0.15, 0.2) is 11.9 Å². The maximum atomic E-state index is 13.1. The van der Waals surface area contributed by atoms with Gasteiger partial charge in [-0.05, 0) is 73.0 Å². The normalized spacial score (nSPS) is 49.7. The van der Waals surface area contributed by atoms with E-state index in [1.165, 1.54) is 51.9 Å². The zero-order valence-corrected chi connectivity index (χ0v) is 17.3. The number of hydrogen-bond donors (Lipinski definition) is 0. The Hall–Kier alpha value is -0.860. The van der Waals surface area contributed by atoms with E-state index < -0.39 is 6.10 Å². The summed E-state index contributed by atoms with van der Waals surface area (Å²) < 4.78 is 5.55. The van der Waals surface area contributed by atoms with Gasteiger partial charge >= 0.3 is 5.97 Å². The summed E-state index contributed by atoms with van der Waals surface area (Å²) in [6.07, 6.45) is 9.33. The largest absolute Gasteiger partial charge is 0.454 e. The Kier molecular flexibility index (Phi) is 4.14. The molecule has 4 saturated carbocycles. The molecule has 0 heterocycles. The van der Waals surface area contributed by atoms with E-state index in [1.54, 1.807) is 0 Å². The van der Waals surface area contributed by atoms with Crippen molar-refractivity contribution in [2.75, 3.05) is 0 Å². The standard InChI is InChI=1S/C23H36O3/c1-14(24)26-20-18(25)13-23(5)17-10-12-22(4)11-6-7-16(22)15(17)8-9-19(23)21(20,2)3/h15-17,19-20H,6-13H2,1-5H3/t15-,16-,17-,19+,20-,22+,23-/m1/s1. The molecule has 0 spiro atoms. The van der Waals surface area contributed by atoms with Crippen LogP contribution in [0.3, 0.4) is 0 Å².